The summed E-state index contributed by atoms with van der Waals surface area (Å²) in [5.41, 5.74) is 0. The number of aromatic nitrogens is 3. The topological polar surface area (TPSA) is 56.8 Å². The average Bonchev–Trinajstić information content (AvgIpc) is 2.89. The van der Waals surface area contributed by atoms with Crippen molar-refractivity contribution in [1.82, 2.24) is 20.5 Å². The predicted octanol–water partition coefficient (Wildman–Crippen LogP) is 1.90. The molecule has 3 rings (SSSR count). The number of nitrogens with one attached hydrogen (secondary N) is 2. The third-order valence-corrected chi connectivity index (χ3v) is 4.55. The molecule has 2 heterocycles. The van der Waals surface area contributed by atoms with Crippen LogP contribution in [0.4, 0.5) is 5.95 Å². The molecule has 19 heavy (non-hydrogen) atoms. The summed E-state index contributed by atoms with van der Waals surface area (Å²) in [4.78, 5) is 7.03. The van der Waals surface area contributed by atoms with Crippen LogP contribution in [0.1, 0.15) is 51.3 Å². The van der Waals surface area contributed by atoms with E-state index in [0.29, 0.717) is 12.0 Å². The molecular formula is C14H25N5. The van der Waals surface area contributed by atoms with E-state index in [-0.39, 0.29) is 0 Å². The molecule has 0 bridgehead atoms. The summed E-state index contributed by atoms with van der Waals surface area (Å²) in [7, 11) is 0. The van der Waals surface area contributed by atoms with Gasteiger partial charge in [-0.2, -0.15) is 4.98 Å². The summed E-state index contributed by atoms with van der Waals surface area (Å²) in [6.07, 6.45) is 5.16. The molecule has 5 heteroatoms. The molecule has 106 valence electrons. The molecule has 2 fully saturated rings. The molecule has 0 radical (unpaired) electrons. The van der Waals surface area contributed by atoms with Crippen LogP contribution in [0.25, 0.3) is 0 Å². The second-order valence-electron chi connectivity index (χ2n) is 6.28. The van der Waals surface area contributed by atoms with Crippen LogP contribution >= 0.6 is 0 Å². The molecule has 0 aromatic carbocycles. The number of piperazine rings is 1. The van der Waals surface area contributed by atoms with Gasteiger partial charge in [-0.1, -0.05) is 19.8 Å². The zero-order valence-corrected chi connectivity index (χ0v) is 12.0. The highest BCUT2D eigenvalue weighted by atomic mass is 15.4. The van der Waals surface area contributed by atoms with E-state index in [1.165, 1.54) is 25.7 Å². The Labute approximate surface area is 115 Å². The number of hydrogen-bond donors (Lipinski definition) is 2. The van der Waals surface area contributed by atoms with E-state index in [1.54, 1.807) is 0 Å². The molecule has 0 spiro atoms. The van der Waals surface area contributed by atoms with Crippen LogP contribution in [0.3, 0.4) is 0 Å². The minimum atomic E-state index is 0.520. The van der Waals surface area contributed by atoms with Crippen molar-refractivity contribution in [2.24, 2.45) is 5.92 Å². The van der Waals surface area contributed by atoms with Crippen molar-refractivity contribution in [3.05, 3.63) is 5.82 Å². The number of anilines is 1. The van der Waals surface area contributed by atoms with Gasteiger partial charge in [0.2, 0.25) is 5.95 Å². The monoisotopic (exact) mass is 263 g/mol. The summed E-state index contributed by atoms with van der Waals surface area (Å²) in [6.45, 7) is 7.58. The minimum absolute atomic E-state index is 0.520. The van der Waals surface area contributed by atoms with E-state index in [1.807, 2.05) is 0 Å². The first-order valence-corrected chi connectivity index (χ1v) is 7.63. The largest absolute Gasteiger partial charge is 0.337 e. The Morgan fingerprint density at radius 2 is 1.95 bits per heavy atom. The molecule has 2 N–H and O–H groups in total. The fourth-order valence-electron chi connectivity index (χ4n) is 3.24. The molecule has 1 saturated heterocycles. The average molecular weight is 263 g/mol. The summed E-state index contributed by atoms with van der Waals surface area (Å²) in [6, 6.07) is 0.520. The summed E-state index contributed by atoms with van der Waals surface area (Å²) >= 11 is 0. The summed E-state index contributed by atoms with van der Waals surface area (Å²) in [5.74, 6) is 3.47. The zero-order chi connectivity index (χ0) is 13.2. The standard InChI is InChI=1S/C14H25N5/c1-10-3-5-12(6-4-10)13-16-14(18-17-13)19-8-7-15-11(2)9-19/h10-12,15H,3-9H2,1-2H3,(H,16,17,18)/t10?,11-,12?/m0/s1. The summed E-state index contributed by atoms with van der Waals surface area (Å²) < 4.78 is 0. The fourth-order valence-corrected chi connectivity index (χ4v) is 3.24. The van der Waals surface area contributed by atoms with Crippen LogP contribution in [0.5, 0.6) is 0 Å². The van der Waals surface area contributed by atoms with E-state index in [4.69, 9.17) is 4.98 Å². The lowest BCUT2D eigenvalue weighted by Gasteiger charge is -2.30. The van der Waals surface area contributed by atoms with E-state index < -0.39 is 0 Å². The van der Waals surface area contributed by atoms with Crippen molar-refractivity contribution in [3.63, 3.8) is 0 Å². The molecule has 2 aliphatic rings. The number of aromatic amines is 1. The zero-order valence-electron chi connectivity index (χ0n) is 12.0. The van der Waals surface area contributed by atoms with Gasteiger partial charge in [0.05, 0.1) is 0 Å². The van der Waals surface area contributed by atoms with E-state index >= 15 is 0 Å². The van der Waals surface area contributed by atoms with Gasteiger partial charge in [-0.3, -0.25) is 5.10 Å². The highest BCUT2D eigenvalue weighted by Gasteiger charge is 2.24. The first kappa shape index (κ1) is 12.9. The second kappa shape index (κ2) is 5.49. The molecule has 1 aromatic rings. The van der Waals surface area contributed by atoms with Crippen molar-refractivity contribution in [2.75, 3.05) is 24.5 Å². The van der Waals surface area contributed by atoms with Gasteiger partial charge >= 0.3 is 0 Å². The molecular weight excluding hydrogens is 238 g/mol. The molecule has 1 atom stereocenters. The van der Waals surface area contributed by atoms with Crippen molar-refractivity contribution >= 4 is 5.95 Å². The van der Waals surface area contributed by atoms with Crippen molar-refractivity contribution < 1.29 is 0 Å². The normalized spacial score (nSPS) is 32.5. The molecule has 1 aliphatic carbocycles. The number of H-pyrrole nitrogens is 1. The maximum Gasteiger partial charge on any atom is 0.244 e. The lowest BCUT2D eigenvalue weighted by Crippen LogP contribution is -2.49. The Bertz CT molecular complexity index is 408. The van der Waals surface area contributed by atoms with Gasteiger partial charge in [-0.25, -0.2) is 0 Å². The number of rotatable bonds is 2. The Kier molecular flexibility index (Phi) is 3.73. The van der Waals surface area contributed by atoms with Crippen LogP contribution in [-0.2, 0) is 0 Å². The highest BCUT2D eigenvalue weighted by molar-refractivity contribution is 5.30. The van der Waals surface area contributed by atoms with Crippen molar-refractivity contribution in [1.29, 1.82) is 0 Å². The lowest BCUT2D eigenvalue weighted by atomic mass is 9.83. The first-order valence-electron chi connectivity index (χ1n) is 7.63. The maximum atomic E-state index is 4.75. The van der Waals surface area contributed by atoms with Gasteiger partial charge < -0.3 is 10.2 Å². The van der Waals surface area contributed by atoms with Gasteiger partial charge in [0.25, 0.3) is 0 Å². The summed E-state index contributed by atoms with van der Waals surface area (Å²) in [5, 5.41) is 11.1. The minimum Gasteiger partial charge on any atom is -0.337 e. The molecule has 1 aliphatic heterocycles. The third kappa shape index (κ3) is 2.91. The van der Waals surface area contributed by atoms with E-state index in [9.17, 15) is 0 Å². The van der Waals surface area contributed by atoms with Crippen molar-refractivity contribution in [2.45, 2.75) is 51.5 Å². The van der Waals surface area contributed by atoms with Gasteiger partial charge in [0.1, 0.15) is 5.82 Å². The van der Waals surface area contributed by atoms with Crippen LogP contribution in [0.2, 0.25) is 0 Å². The Hall–Kier alpha value is -1.10. The lowest BCUT2D eigenvalue weighted by molar-refractivity contribution is 0.340. The van der Waals surface area contributed by atoms with Crippen LogP contribution < -0.4 is 10.2 Å². The highest BCUT2D eigenvalue weighted by Crippen LogP contribution is 2.34. The van der Waals surface area contributed by atoms with E-state index in [2.05, 4.69) is 34.3 Å². The SMILES string of the molecule is CC1CCC(c2nc(N3CCN[C@@H](C)C3)n[nH]2)CC1. The molecule has 0 amide bonds. The predicted molar refractivity (Wildman–Crippen MR) is 76.4 cm³/mol. The number of hydrogen-bond acceptors (Lipinski definition) is 4. The van der Waals surface area contributed by atoms with Crippen LogP contribution in [0, 0.1) is 5.92 Å². The van der Waals surface area contributed by atoms with E-state index in [0.717, 1.165) is 37.3 Å². The van der Waals surface area contributed by atoms with Gasteiger partial charge in [0.15, 0.2) is 0 Å². The molecule has 1 saturated carbocycles. The van der Waals surface area contributed by atoms with Crippen LogP contribution in [-0.4, -0.2) is 40.9 Å². The molecule has 1 aromatic heterocycles. The smallest absolute Gasteiger partial charge is 0.244 e. The molecule has 0 unspecified atom stereocenters. The number of nitrogens with zero attached hydrogens (tertiary/aromatic N) is 3. The van der Waals surface area contributed by atoms with Gasteiger partial charge in [0, 0.05) is 31.6 Å². The quantitative estimate of drug-likeness (QED) is 0.855. The Morgan fingerprint density at radius 3 is 2.68 bits per heavy atom. The van der Waals surface area contributed by atoms with Gasteiger partial charge in [-0.05, 0) is 25.7 Å². The van der Waals surface area contributed by atoms with Gasteiger partial charge in [-0.15, -0.1) is 5.10 Å². The third-order valence-electron chi connectivity index (χ3n) is 4.55. The van der Waals surface area contributed by atoms with Crippen LogP contribution in [0.15, 0.2) is 0 Å². The Morgan fingerprint density at radius 1 is 1.16 bits per heavy atom. The maximum absolute atomic E-state index is 4.75. The van der Waals surface area contributed by atoms with Crippen molar-refractivity contribution in [3.8, 4) is 0 Å². The fraction of sp³-hybridized carbons (Fsp3) is 0.857. The first-order chi connectivity index (χ1) is 9.22. The molecule has 5 nitrogen and oxygen atoms in total. The second-order valence-corrected chi connectivity index (χ2v) is 6.28. The Balaban J connectivity index is 1.65.